The van der Waals surface area contributed by atoms with Crippen LogP contribution in [-0.4, -0.2) is 28.5 Å². The van der Waals surface area contributed by atoms with E-state index in [9.17, 15) is 13.2 Å². The van der Waals surface area contributed by atoms with Gasteiger partial charge in [-0.2, -0.15) is 8.42 Å². The SMILES string of the molecule is O=C(O)CCc1cn(S(=O)(=O)c2ccc(-c3cccnc3)s2)c2ccc(Cl)cc12. The summed E-state index contributed by atoms with van der Waals surface area (Å²) >= 11 is 7.24. The van der Waals surface area contributed by atoms with Crippen molar-refractivity contribution in [2.45, 2.75) is 17.1 Å². The molecule has 0 aliphatic rings. The molecule has 0 atom stereocenters. The fourth-order valence-corrected chi connectivity index (χ4v) is 6.05. The highest BCUT2D eigenvalue weighted by atomic mass is 35.5. The minimum absolute atomic E-state index is 0.101. The quantitative estimate of drug-likeness (QED) is 0.464. The second-order valence-corrected chi connectivity index (χ2v) is 9.93. The van der Waals surface area contributed by atoms with E-state index in [1.807, 2.05) is 6.07 Å². The lowest BCUT2D eigenvalue weighted by molar-refractivity contribution is -0.136. The van der Waals surface area contributed by atoms with E-state index < -0.39 is 16.0 Å². The smallest absolute Gasteiger partial charge is 0.303 e. The van der Waals surface area contributed by atoms with Gasteiger partial charge in [-0.15, -0.1) is 11.3 Å². The van der Waals surface area contributed by atoms with Crippen LogP contribution in [0.1, 0.15) is 12.0 Å². The highest BCUT2D eigenvalue weighted by Gasteiger charge is 2.23. The molecule has 0 aliphatic carbocycles. The van der Waals surface area contributed by atoms with Crippen molar-refractivity contribution in [3.63, 3.8) is 0 Å². The van der Waals surface area contributed by atoms with Gasteiger partial charge in [0.2, 0.25) is 0 Å². The predicted molar refractivity (Wildman–Crippen MR) is 113 cm³/mol. The van der Waals surface area contributed by atoms with Gasteiger partial charge in [0.15, 0.2) is 0 Å². The molecular formula is C20H15ClN2O4S2. The molecule has 4 aromatic rings. The molecule has 0 aliphatic heterocycles. The van der Waals surface area contributed by atoms with Gasteiger partial charge in [-0.1, -0.05) is 17.7 Å². The van der Waals surface area contributed by atoms with Crippen LogP contribution in [0.5, 0.6) is 0 Å². The number of carbonyl (C=O) groups is 1. The van der Waals surface area contributed by atoms with E-state index in [0.29, 0.717) is 21.5 Å². The second kappa shape index (κ2) is 7.62. The molecule has 0 saturated carbocycles. The maximum Gasteiger partial charge on any atom is 0.303 e. The lowest BCUT2D eigenvalue weighted by Gasteiger charge is -2.05. The first-order valence-electron chi connectivity index (χ1n) is 8.63. The maximum atomic E-state index is 13.3. The number of hydrogen-bond donors (Lipinski definition) is 1. The molecule has 0 bridgehead atoms. The number of nitrogens with zero attached hydrogens (tertiary/aromatic N) is 2. The monoisotopic (exact) mass is 446 g/mol. The minimum Gasteiger partial charge on any atom is -0.481 e. The molecule has 9 heteroatoms. The Balaban J connectivity index is 1.81. The zero-order valence-electron chi connectivity index (χ0n) is 14.9. The summed E-state index contributed by atoms with van der Waals surface area (Å²) in [6, 6.07) is 11.9. The number of fused-ring (bicyclic) bond motifs is 1. The molecule has 3 aromatic heterocycles. The van der Waals surface area contributed by atoms with Gasteiger partial charge in [-0.3, -0.25) is 9.78 Å². The minimum atomic E-state index is -3.86. The Morgan fingerprint density at radius 3 is 2.76 bits per heavy atom. The Kier molecular flexibility index (Phi) is 5.16. The fraction of sp³-hybridized carbons (Fsp3) is 0.100. The van der Waals surface area contributed by atoms with E-state index >= 15 is 0 Å². The number of rotatable bonds is 6. The van der Waals surface area contributed by atoms with Crippen molar-refractivity contribution in [3.05, 3.63) is 71.6 Å². The van der Waals surface area contributed by atoms with Crippen LogP contribution < -0.4 is 0 Å². The van der Waals surface area contributed by atoms with Gasteiger partial charge < -0.3 is 5.11 Å². The van der Waals surface area contributed by atoms with Crippen LogP contribution in [0.3, 0.4) is 0 Å². The summed E-state index contributed by atoms with van der Waals surface area (Å²) in [5.41, 5.74) is 1.92. The summed E-state index contributed by atoms with van der Waals surface area (Å²) in [6.45, 7) is 0. The highest BCUT2D eigenvalue weighted by Crippen LogP contribution is 2.34. The predicted octanol–water partition coefficient (Wildman–Crippen LogP) is 4.67. The second-order valence-electron chi connectivity index (χ2n) is 6.37. The first-order chi connectivity index (χ1) is 13.9. The van der Waals surface area contributed by atoms with Crippen molar-refractivity contribution in [2.75, 3.05) is 0 Å². The fourth-order valence-electron chi connectivity index (χ4n) is 3.10. The summed E-state index contributed by atoms with van der Waals surface area (Å²) in [5.74, 6) is -0.949. The van der Waals surface area contributed by atoms with Crippen molar-refractivity contribution in [3.8, 4) is 10.4 Å². The average molecular weight is 447 g/mol. The molecule has 0 spiro atoms. The van der Waals surface area contributed by atoms with Gasteiger partial charge in [0.25, 0.3) is 10.0 Å². The van der Waals surface area contributed by atoms with Crippen molar-refractivity contribution < 1.29 is 18.3 Å². The third-order valence-electron chi connectivity index (χ3n) is 4.46. The number of aryl methyl sites for hydroxylation is 1. The molecule has 6 nitrogen and oxygen atoms in total. The third kappa shape index (κ3) is 3.78. The molecule has 0 amide bonds. The Morgan fingerprint density at radius 1 is 1.21 bits per heavy atom. The number of hydrogen-bond acceptors (Lipinski definition) is 5. The summed E-state index contributed by atoms with van der Waals surface area (Å²) < 4.78 is 28.1. The van der Waals surface area contributed by atoms with Gasteiger partial charge in [0.1, 0.15) is 4.21 Å². The Hall–Kier alpha value is -2.68. The molecule has 1 N–H and O–H groups in total. The van der Waals surface area contributed by atoms with Crippen LogP contribution in [0.25, 0.3) is 21.3 Å². The highest BCUT2D eigenvalue weighted by molar-refractivity contribution is 7.92. The molecular weight excluding hydrogens is 432 g/mol. The van der Waals surface area contributed by atoms with Crippen LogP contribution in [0.2, 0.25) is 5.02 Å². The summed E-state index contributed by atoms with van der Waals surface area (Å²) in [6.07, 6.45) is 4.93. The number of aliphatic carboxylic acids is 1. The summed E-state index contributed by atoms with van der Waals surface area (Å²) in [4.78, 5) is 15.8. The molecule has 0 fully saturated rings. The number of pyridine rings is 1. The molecule has 3 heterocycles. The molecule has 148 valence electrons. The number of aromatic nitrogens is 2. The van der Waals surface area contributed by atoms with E-state index in [2.05, 4.69) is 4.98 Å². The Morgan fingerprint density at radius 2 is 2.03 bits per heavy atom. The van der Waals surface area contributed by atoms with E-state index in [-0.39, 0.29) is 17.1 Å². The average Bonchev–Trinajstić information content (AvgIpc) is 3.33. The Bertz CT molecular complexity index is 1310. The van der Waals surface area contributed by atoms with Crippen LogP contribution in [0.15, 0.2) is 65.3 Å². The topological polar surface area (TPSA) is 89.3 Å². The largest absolute Gasteiger partial charge is 0.481 e. The summed E-state index contributed by atoms with van der Waals surface area (Å²) in [7, 11) is -3.86. The maximum absolute atomic E-state index is 13.3. The van der Waals surface area contributed by atoms with Gasteiger partial charge >= 0.3 is 5.97 Å². The lowest BCUT2D eigenvalue weighted by atomic mass is 10.1. The van der Waals surface area contributed by atoms with E-state index in [1.54, 1.807) is 48.8 Å². The third-order valence-corrected chi connectivity index (χ3v) is 7.97. The molecule has 29 heavy (non-hydrogen) atoms. The molecule has 4 rings (SSSR count). The zero-order valence-corrected chi connectivity index (χ0v) is 17.3. The first-order valence-corrected chi connectivity index (χ1v) is 11.3. The molecule has 1 aromatic carbocycles. The van der Waals surface area contributed by atoms with Gasteiger partial charge in [0, 0.05) is 45.9 Å². The lowest BCUT2D eigenvalue weighted by Crippen LogP contribution is -2.10. The van der Waals surface area contributed by atoms with Crippen LogP contribution in [0.4, 0.5) is 0 Å². The van der Waals surface area contributed by atoms with Crippen LogP contribution in [0, 0.1) is 0 Å². The molecule has 0 saturated heterocycles. The molecule has 0 radical (unpaired) electrons. The molecule has 0 unspecified atom stereocenters. The van der Waals surface area contributed by atoms with Crippen molar-refractivity contribution in [1.29, 1.82) is 0 Å². The van der Waals surface area contributed by atoms with Crippen molar-refractivity contribution in [1.82, 2.24) is 8.96 Å². The number of carboxylic acids is 1. The van der Waals surface area contributed by atoms with E-state index in [1.165, 1.54) is 10.2 Å². The number of thiophene rings is 1. The van der Waals surface area contributed by atoms with Gasteiger partial charge in [-0.05, 0) is 48.4 Å². The zero-order chi connectivity index (χ0) is 20.6. The standard InChI is InChI=1S/C20H15ClN2O4S2/c21-15-4-5-17-16(10-15)14(3-7-19(24)25)12-23(17)29(26,27)20-8-6-18(28-20)13-2-1-9-22-11-13/h1-2,4-6,8-12H,3,7H2,(H,24,25). The summed E-state index contributed by atoms with van der Waals surface area (Å²) in [5, 5.41) is 10.1. The number of benzene rings is 1. The number of halogens is 1. The Labute approximate surface area is 176 Å². The normalized spacial score (nSPS) is 11.8. The van der Waals surface area contributed by atoms with Crippen LogP contribution in [-0.2, 0) is 21.2 Å². The van der Waals surface area contributed by atoms with Crippen molar-refractivity contribution in [2.24, 2.45) is 0 Å². The van der Waals surface area contributed by atoms with Crippen LogP contribution >= 0.6 is 22.9 Å². The van der Waals surface area contributed by atoms with E-state index in [0.717, 1.165) is 21.8 Å². The van der Waals surface area contributed by atoms with E-state index in [4.69, 9.17) is 16.7 Å². The van der Waals surface area contributed by atoms with Crippen molar-refractivity contribution >= 4 is 49.8 Å². The number of carboxylic acid groups (broad SMARTS) is 1. The first kappa shape index (κ1) is 19.6. The van der Waals surface area contributed by atoms with Gasteiger partial charge in [0.05, 0.1) is 5.52 Å². The van der Waals surface area contributed by atoms with Gasteiger partial charge in [-0.25, -0.2) is 3.97 Å².